The van der Waals surface area contributed by atoms with Gasteiger partial charge in [0.1, 0.15) is 22.7 Å². The Labute approximate surface area is 140 Å². The number of hydrogen-bond acceptors (Lipinski definition) is 6. The van der Waals surface area contributed by atoms with Crippen LogP contribution in [0.25, 0.3) is 33.8 Å². The van der Waals surface area contributed by atoms with Crippen LogP contribution in [0.5, 0.6) is 5.75 Å². The van der Waals surface area contributed by atoms with Crippen molar-refractivity contribution in [3.8, 4) is 28.6 Å². The van der Waals surface area contributed by atoms with E-state index in [-0.39, 0.29) is 23.1 Å². The third-order valence-corrected chi connectivity index (χ3v) is 3.70. The summed E-state index contributed by atoms with van der Waals surface area (Å²) in [5.74, 6) is 0.541. The molecule has 0 saturated heterocycles. The number of fused-ring (bicyclic) bond motifs is 1. The van der Waals surface area contributed by atoms with Crippen LogP contribution in [-0.2, 0) is 0 Å². The zero-order chi connectivity index (χ0) is 17.4. The maximum atomic E-state index is 13.0. The van der Waals surface area contributed by atoms with E-state index >= 15 is 0 Å². The lowest BCUT2D eigenvalue weighted by atomic mass is 10.1. The molecule has 0 bridgehead atoms. The van der Waals surface area contributed by atoms with Gasteiger partial charge in [-0.3, -0.25) is 0 Å². The maximum absolute atomic E-state index is 13.0. The van der Waals surface area contributed by atoms with E-state index < -0.39 is 5.63 Å². The van der Waals surface area contributed by atoms with Crippen LogP contribution in [-0.4, -0.2) is 17.3 Å². The fourth-order valence-corrected chi connectivity index (χ4v) is 2.43. The molecule has 0 aliphatic heterocycles. The smallest absolute Gasteiger partial charge is 0.349 e. The van der Waals surface area contributed by atoms with Crippen LogP contribution in [0.3, 0.4) is 0 Å². The molecule has 0 atom stereocenters. The summed E-state index contributed by atoms with van der Waals surface area (Å²) in [4.78, 5) is 16.4. The SMILES string of the molecule is COc1ccc2oc(=O)c(-c3nc(-c4ccc(F)cc4)no3)cc2c1. The Bertz CT molecular complexity index is 1120. The Morgan fingerprint density at radius 2 is 1.88 bits per heavy atom. The van der Waals surface area contributed by atoms with Gasteiger partial charge in [-0.1, -0.05) is 5.16 Å². The average molecular weight is 338 g/mol. The number of aromatic nitrogens is 2. The van der Waals surface area contributed by atoms with Gasteiger partial charge < -0.3 is 13.7 Å². The average Bonchev–Trinajstić information content (AvgIpc) is 3.11. The lowest BCUT2D eigenvalue weighted by Crippen LogP contribution is -2.03. The van der Waals surface area contributed by atoms with Gasteiger partial charge in [0.05, 0.1) is 7.11 Å². The van der Waals surface area contributed by atoms with Crippen molar-refractivity contribution in [1.29, 1.82) is 0 Å². The molecule has 0 radical (unpaired) electrons. The summed E-state index contributed by atoms with van der Waals surface area (Å²) in [6.07, 6.45) is 0. The quantitative estimate of drug-likeness (QED) is 0.531. The maximum Gasteiger partial charge on any atom is 0.349 e. The minimum Gasteiger partial charge on any atom is -0.497 e. The topological polar surface area (TPSA) is 78.4 Å². The van der Waals surface area contributed by atoms with E-state index in [2.05, 4.69) is 10.1 Å². The minimum atomic E-state index is -0.591. The van der Waals surface area contributed by atoms with E-state index in [1.165, 1.54) is 24.3 Å². The van der Waals surface area contributed by atoms with Crippen molar-refractivity contribution >= 4 is 11.0 Å². The van der Waals surface area contributed by atoms with Gasteiger partial charge >= 0.3 is 5.63 Å². The Hall–Kier alpha value is -3.48. The van der Waals surface area contributed by atoms with Crippen LogP contribution in [0.2, 0.25) is 0 Å². The van der Waals surface area contributed by atoms with Crippen molar-refractivity contribution < 1.29 is 18.1 Å². The summed E-state index contributed by atoms with van der Waals surface area (Å²) >= 11 is 0. The van der Waals surface area contributed by atoms with Gasteiger partial charge in [-0.2, -0.15) is 4.98 Å². The standard InChI is InChI=1S/C18H11FN2O4/c1-23-13-6-7-15-11(8-13)9-14(18(22)24-15)17-20-16(21-25-17)10-2-4-12(19)5-3-10/h2-9H,1H3. The molecule has 6 nitrogen and oxygen atoms in total. The molecule has 4 rings (SSSR count). The van der Waals surface area contributed by atoms with Crippen LogP contribution >= 0.6 is 0 Å². The van der Waals surface area contributed by atoms with Gasteiger partial charge in [-0.25, -0.2) is 9.18 Å². The van der Waals surface area contributed by atoms with E-state index in [0.717, 1.165) is 0 Å². The van der Waals surface area contributed by atoms with Crippen molar-refractivity contribution in [2.24, 2.45) is 0 Å². The summed E-state index contributed by atoms with van der Waals surface area (Å²) < 4.78 is 28.6. The fourth-order valence-electron chi connectivity index (χ4n) is 2.43. The van der Waals surface area contributed by atoms with E-state index in [0.29, 0.717) is 22.3 Å². The summed E-state index contributed by atoms with van der Waals surface area (Å²) in [5.41, 5.74) is 0.546. The van der Waals surface area contributed by atoms with Crippen LogP contribution in [0.15, 0.2) is 62.3 Å². The van der Waals surface area contributed by atoms with E-state index in [9.17, 15) is 9.18 Å². The molecule has 124 valence electrons. The van der Waals surface area contributed by atoms with Crippen molar-refractivity contribution in [3.05, 3.63) is 64.8 Å². The second kappa shape index (κ2) is 5.86. The second-order valence-corrected chi connectivity index (χ2v) is 5.28. The Kier molecular flexibility index (Phi) is 3.53. The van der Waals surface area contributed by atoms with E-state index in [1.54, 1.807) is 31.4 Å². The number of nitrogens with zero attached hydrogens (tertiary/aromatic N) is 2. The van der Waals surface area contributed by atoms with Crippen molar-refractivity contribution in [1.82, 2.24) is 10.1 Å². The van der Waals surface area contributed by atoms with E-state index in [1.807, 2.05) is 0 Å². The Morgan fingerprint density at radius 3 is 2.64 bits per heavy atom. The summed E-state index contributed by atoms with van der Waals surface area (Å²) in [6.45, 7) is 0. The van der Waals surface area contributed by atoms with Crippen molar-refractivity contribution in [2.75, 3.05) is 7.11 Å². The van der Waals surface area contributed by atoms with Crippen LogP contribution in [0.4, 0.5) is 4.39 Å². The number of ether oxygens (including phenoxy) is 1. The van der Waals surface area contributed by atoms with Crippen LogP contribution in [0, 0.1) is 5.82 Å². The van der Waals surface area contributed by atoms with Crippen LogP contribution < -0.4 is 10.4 Å². The molecule has 0 aliphatic rings. The monoisotopic (exact) mass is 338 g/mol. The predicted octanol–water partition coefficient (Wildman–Crippen LogP) is 3.66. The molecule has 2 aromatic heterocycles. The largest absolute Gasteiger partial charge is 0.497 e. The lowest BCUT2D eigenvalue weighted by molar-refractivity contribution is 0.415. The third-order valence-electron chi connectivity index (χ3n) is 3.70. The summed E-state index contributed by atoms with van der Waals surface area (Å²) in [6, 6.07) is 12.3. The highest BCUT2D eigenvalue weighted by atomic mass is 19.1. The van der Waals surface area contributed by atoms with Gasteiger partial charge in [-0.15, -0.1) is 0 Å². The van der Waals surface area contributed by atoms with Crippen molar-refractivity contribution in [3.63, 3.8) is 0 Å². The van der Waals surface area contributed by atoms with Gasteiger partial charge in [0.25, 0.3) is 5.89 Å². The third kappa shape index (κ3) is 2.76. The Balaban J connectivity index is 1.80. The van der Waals surface area contributed by atoms with Crippen LogP contribution in [0.1, 0.15) is 0 Å². The highest BCUT2D eigenvalue weighted by Gasteiger charge is 2.16. The highest BCUT2D eigenvalue weighted by Crippen LogP contribution is 2.25. The number of halogens is 1. The first kappa shape index (κ1) is 15.1. The predicted molar refractivity (Wildman–Crippen MR) is 87.7 cm³/mol. The van der Waals surface area contributed by atoms with Crippen molar-refractivity contribution in [2.45, 2.75) is 0 Å². The number of methoxy groups -OCH3 is 1. The molecule has 2 heterocycles. The summed E-state index contributed by atoms with van der Waals surface area (Å²) in [7, 11) is 1.55. The first-order valence-electron chi connectivity index (χ1n) is 7.36. The molecule has 0 amide bonds. The van der Waals surface area contributed by atoms with Gasteiger partial charge in [0.15, 0.2) is 0 Å². The second-order valence-electron chi connectivity index (χ2n) is 5.28. The first-order chi connectivity index (χ1) is 12.1. The number of benzene rings is 2. The number of hydrogen-bond donors (Lipinski definition) is 0. The molecule has 25 heavy (non-hydrogen) atoms. The minimum absolute atomic E-state index is 0.0257. The zero-order valence-electron chi connectivity index (χ0n) is 13.0. The normalized spacial score (nSPS) is 11.0. The molecule has 0 unspecified atom stereocenters. The molecule has 0 aliphatic carbocycles. The zero-order valence-corrected chi connectivity index (χ0v) is 13.0. The molecule has 0 N–H and O–H groups in total. The van der Waals surface area contributed by atoms with Gasteiger partial charge in [0.2, 0.25) is 5.82 Å². The van der Waals surface area contributed by atoms with Gasteiger partial charge in [0, 0.05) is 10.9 Å². The molecule has 0 spiro atoms. The fraction of sp³-hybridized carbons (Fsp3) is 0.0556. The first-order valence-corrected chi connectivity index (χ1v) is 7.36. The lowest BCUT2D eigenvalue weighted by Gasteiger charge is -2.02. The molecule has 2 aromatic carbocycles. The molecule has 7 heteroatoms. The molecule has 0 fully saturated rings. The van der Waals surface area contributed by atoms with Gasteiger partial charge in [-0.05, 0) is 48.5 Å². The molecule has 4 aromatic rings. The summed E-state index contributed by atoms with van der Waals surface area (Å²) in [5, 5.41) is 4.50. The van der Waals surface area contributed by atoms with E-state index in [4.69, 9.17) is 13.7 Å². The number of rotatable bonds is 3. The highest BCUT2D eigenvalue weighted by molar-refractivity contribution is 5.81. The molecular weight excluding hydrogens is 327 g/mol. The molecular formula is C18H11FN2O4. The Morgan fingerprint density at radius 1 is 1.08 bits per heavy atom. The molecule has 0 saturated carbocycles.